The van der Waals surface area contributed by atoms with E-state index in [-0.39, 0.29) is 5.97 Å². The predicted octanol–water partition coefficient (Wildman–Crippen LogP) is 10.7. The second kappa shape index (κ2) is 25.4. The highest BCUT2D eigenvalue weighted by atomic mass is 16.5. The first-order valence-corrected chi connectivity index (χ1v) is 17.4. The van der Waals surface area contributed by atoms with Gasteiger partial charge in [-0.3, -0.25) is 4.79 Å². The van der Waals surface area contributed by atoms with Crippen LogP contribution in [-0.4, -0.2) is 38.1 Å². The van der Waals surface area contributed by atoms with Crippen molar-refractivity contribution in [3.63, 3.8) is 0 Å². The maximum atomic E-state index is 11.4. The lowest BCUT2D eigenvalue weighted by Gasteiger charge is -2.20. The standard InChI is InChI=1S/C35H69NO2/c1-5-7-8-9-10-11-12-13-14-15-16-17-18-20-23-26-32(29-30-36(3)4)34-31-33(34)27-24-21-19-22-25-28-35(37)38-6-2/h32-34H,5-31H2,1-4H3. The minimum absolute atomic E-state index is 0.0221. The highest BCUT2D eigenvalue weighted by Gasteiger charge is 2.41. The topological polar surface area (TPSA) is 29.5 Å². The zero-order valence-corrected chi connectivity index (χ0v) is 26.6. The molecule has 3 heteroatoms. The van der Waals surface area contributed by atoms with Crippen molar-refractivity contribution >= 4 is 5.97 Å². The number of esters is 1. The normalized spacial score (nSPS) is 17.7. The third kappa shape index (κ3) is 21.3. The molecule has 226 valence electrons. The van der Waals surface area contributed by atoms with Gasteiger partial charge in [-0.15, -0.1) is 0 Å². The zero-order valence-electron chi connectivity index (χ0n) is 26.6. The first-order valence-electron chi connectivity index (χ1n) is 17.4. The van der Waals surface area contributed by atoms with Gasteiger partial charge in [0.2, 0.25) is 0 Å². The SMILES string of the molecule is CCCCCCCCCCCCCCCCCC(CCN(C)C)C1CC1CCCCCCCC(=O)OCC. The van der Waals surface area contributed by atoms with Gasteiger partial charge in [-0.1, -0.05) is 142 Å². The van der Waals surface area contributed by atoms with Crippen LogP contribution in [0.3, 0.4) is 0 Å². The van der Waals surface area contributed by atoms with Crippen LogP contribution in [0.2, 0.25) is 0 Å². The van der Waals surface area contributed by atoms with Crippen LogP contribution in [0.5, 0.6) is 0 Å². The van der Waals surface area contributed by atoms with E-state index in [9.17, 15) is 4.79 Å². The van der Waals surface area contributed by atoms with Gasteiger partial charge < -0.3 is 9.64 Å². The van der Waals surface area contributed by atoms with Crippen LogP contribution in [0.1, 0.15) is 174 Å². The Balaban J connectivity index is 2.00. The van der Waals surface area contributed by atoms with Crippen molar-refractivity contribution in [1.82, 2.24) is 4.90 Å². The molecule has 0 aromatic rings. The van der Waals surface area contributed by atoms with Gasteiger partial charge in [-0.25, -0.2) is 0 Å². The number of rotatable bonds is 29. The summed E-state index contributed by atoms with van der Waals surface area (Å²) in [5, 5.41) is 0. The van der Waals surface area contributed by atoms with Crippen LogP contribution in [0, 0.1) is 17.8 Å². The summed E-state index contributed by atoms with van der Waals surface area (Å²) in [6.07, 6.45) is 34.4. The molecule has 0 aromatic heterocycles. The smallest absolute Gasteiger partial charge is 0.305 e. The Morgan fingerprint density at radius 2 is 1.18 bits per heavy atom. The lowest BCUT2D eigenvalue weighted by atomic mass is 9.90. The molecular formula is C35H69NO2. The van der Waals surface area contributed by atoms with E-state index >= 15 is 0 Å². The highest BCUT2D eigenvalue weighted by molar-refractivity contribution is 5.69. The molecule has 1 saturated carbocycles. The Labute approximate surface area is 239 Å². The summed E-state index contributed by atoms with van der Waals surface area (Å²) < 4.78 is 5.02. The van der Waals surface area contributed by atoms with E-state index in [0.29, 0.717) is 13.0 Å². The molecule has 0 N–H and O–H groups in total. The second-order valence-corrected chi connectivity index (χ2v) is 12.9. The number of carbonyl (C=O) groups excluding carboxylic acids is 1. The summed E-state index contributed by atoms with van der Waals surface area (Å²) in [4.78, 5) is 13.8. The minimum atomic E-state index is -0.0221. The van der Waals surface area contributed by atoms with E-state index < -0.39 is 0 Å². The minimum Gasteiger partial charge on any atom is -0.466 e. The third-order valence-electron chi connectivity index (χ3n) is 8.97. The Morgan fingerprint density at radius 3 is 1.71 bits per heavy atom. The molecule has 1 aliphatic carbocycles. The molecule has 3 unspecified atom stereocenters. The lowest BCUT2D eigenvalue weighted by molar-refractivity contribution is -0.143. The molecule has 1 rings (SSSR count). The van der Waals surface area contributed by atoms with Gasteiger partial charge in [0, 0.05) is 6.42 Å². The summed E-state index contributed by atoms with van der Waals surface area (Å²) in [5.74, 6) is 2.98. The van der Waals surface area contributed by atoms with E-state index in [1.165, 1.54) is 154 Å². The number of nitrogens with zero attached hydrogens (tertiary/aromatic N) is 1. The zero-order chi connectivity index (χ0) is 27.7. The quantitative estimate of drug-likeness (QED) is 0.0704. The molecule has 0 amide bonds. The third-order valence-corrected chi connectivity index (χ3v) is 8.97. The highest BCUT2D eigenvalue weighted by Crippen LogP contribution is 2.50. The molecular weight excluding hydrogens is 466 g/mol. The number of hydrogen-bond donors (Lipinski definition) is 0. The van der Waals surface area contributed by atoms with Gasteiger partial charge in [0.15, 0.2) is 0 Å². The first kappa shape index (κ1) is 35.5. The fourth-order valence-corrected chi connectivity index (χ4v) is 6.39. The molecule has 1 fully saturated rings. The molecule has 3 nitrogen and oxygen atoms in total. The van der Waals surface area contributed by atoms with Crippen LogP contribution in [0.4, 0.5) is 0 Å². The van der Waals surface area contributed by atoms with Crippen molar-refractivity contribution in [2.24, 2.45) is 17.8 Å². The van der Waals surface area contributed by atoms with Gasteiger partial charge in [-0.2, -0.15) is 0 Å². The number of carbonyl (C=O) groups is 1. The van der Waals surface area contributed by atoms with E-state index in [4.69, 9.17) is 4.74 Å². The largest absolute Gasteiger partial charge is 0.466 e. The summed E-state index contributed by atoms with van der Waals surface area (Å²) in [6.45, 7) is 5.95. The first-order chi connectivity index (χ1) is 18.6. The van der Waals surface area contributed by atoms with E-state index in [1.54, 1.807) is 0 Å². The fourth-order valence-electron chi connectivity index (χ4n) is 6.39. The Kier molecular flexibility index (Phi) is 23.7. The molecule has 0 radical (unpaired) electrons. The van der Waals surface area contributed by atoms with Crippen molar-refractivity contribution in [1.29, 1.82) is 0 Å². The van der Waals surface area contributed by atoms with Crippen LogP contribution >= 0.6 is 0 Å². The summed E-state index contributed by atoms with van der Waals surface area (Å²) in [7, 11) is 4.47. The van der Waals surface area contributed by atoms with E-state index in [2.05, 4.69) is 25.9 Å². The van der Waals surface area contributed by atoms with Gasteiger partial charge in [0.05, 0.1) is 6.61 Å². The molecule has 3 atom stereocenters. The molecule has 0 aromatic carbocycles. The Hall–Kier alpha value is -0.570. The van der Waals surface area contributed by atoms with Gasteiger partial charge in [0.1, 0.15) is 0 Å². The fraction of sp³-hybridized carbons (Fsp3) is 0.971. The van der Waals surface area contributed by atoms with E-state index in [0.717, 1.165) is 24.2 Å². The number of ether oxygens (including phenoxy) is 1. The summed E-state index contributed by atoms with van der Waals surface area (Å²) in [6, 6.07) is 0. The summed E-state index contributed by atoms with van der Waals surface area (Å²) in [5.41, 5.74) is 0. The van der Waals surface area contributed by atoms with Crippen LogP contribution in [0.15, 0.2) is 0 Å². The van der Waals surface area contributed by atoms with Crippen molar-refractivity contribution in [2.45, 2.75) is 174 Å². The maximum Gasteiger partial charge on any atom is 0.305 e. The molecule has 1 aliphatic rings. The van der Waals surface area contributed by atoms with Crippen LogP contribution in [-0.2, 0) is 9.53 Å². The van der Waals surface area contributed by atoms with Crippen LogP contribution < -0.4 is 0 Å². The van der Waals surface area contributed by atoms with Crippen molar-refractivity contribution in [3.05, 3.63) is 0 Å². The average molecular weight is 536 g/mol. The summed E-state index contributed by atoms with van der Waals surface area (Å²) >= 11 is 0. The second-order valence-electron chi connectivity index (χ2n) is 12.9. The molecule has 0 spiro atoms. The molecule has 0 bridgehead atoms. The Bertz CT molecular complexity index is 520. The molecule has 0 aliphatic heterocycles. The number of hydrogen-bond acceptors (Lipinski definition) is 3. The van der Waals surface area contributed by atoms with Crippen LogP contribution in [0.25, 0.3) is 0 Å². The molecule has 38 heavy (non-hydrogen) atoms. The predicted molar refractivity (Wildman–Crippen MR) is 167 cm³/mol. The van der Waals surface area contributed by atoms with E-state index in [1.807, 2.05) is 6.92 Å². The monoisotopic (exact) mass is 536 g/mol. The van der Waals surface area contributed by atoms with Crippen molar-refractivity contribution in [3.8, 4) is 0 Å². The van der Waals surface area contributed by atoms with Gasteiger partial charge >= 0.3 is 5.97 Å². The van der Waals surface area contributed by atoms with Crippen molar-refractivity contribution in [2.75, 3.05) is 27.2 Å². The molecule has 0 saturated heterocycles. The Morgan fingerprint density at radius 1 is 0.684 bits per heavy atom. The number of unbranched alkanes of at least 4 members (excludes halogenated alkanes) is 18. The van der Waals surface area contributed by atoms with Crippen molar-refractivity contribution < 1.29 is 9.53 Å². The molecule has 0 heterocycles. The lowest BCUT2D eigenvalue weighted by Crippen LogP contribution is -2.18. The van der Waals surface area contributed by atoms with Gasteiger partial charge in [-0.05, 0) is 64.6 Å². The maximum absolute atomic E-state index is 11.4. The van der Waals surface area contributed by atoms with Gasteiger partial charge in [0.25, 0.3) is 0 Å². The average Bonchev–Trinajstić information content (AvgIpc) is 3.66.